The molecule has 0 saturated heterocycles. The molecule has 106 valence electrons. The van der Waals surface area contributed by atoms with Crippen LogP contribution in [0.4, 0.5) is 0 Å². The van der Waals surface area contributed by atoms with Gasteiger partial charge in [0, 0.05) is 12.3 Å². The minimum absolute atomic E-state index is 0.114. The van der Waals surface area contributed by atoms with Gasteiger partial charge in [0.1, 0.15) is 6.10 Å². The van der Waals surface area contributed by atoms with Crippen molar-refractivity contribution in [2.45, 2.75) is 45.1 Å². The van der Waals surface area contributed by atoms with Gasteiger partial charge in [0.25, 0.3) is 0 Å². The summed E-state index contributed by atoms with van der Waals surface area (Å²) in [4.78, 5) is 11.6. The van der Waals surface area contributed by atoms with Crippen molar-refractivity contribution in [3.05, 3.63) is 59.7 Å². The van der Waals surface area contributed by atoms with Crippen molar-refractivity contribution >= 4 is 5.97 Å². The number of hydrogen-bond acceptors (Lipinski definition) is 2. The second-order valence-corrected chi connectivity index (χ2v) is 5.12. The maximum atomic E-state index is 11.6. The first-order chi connectivity index (χ1) is 9.72. The highest BCUT2D eigenvalue weighted by Gasteiger charge is 2.25. The van der Waals surface area contributed by atoms with Crippen molar-refractivity contribution < 1.29 is 9.53 Å². The van der Waals surface area contributed by atoms with Crippen molar-refractivity contribution in [3.8, 4) is 0 Å². The highest BCUT2D eigenvalue weighted by molar-refractivity contribution is 5.69. The minimum Gasteiger partial charge on any atom is -0.462 e. The fraction of sp³-hybridized carbons (Fsp3) is 0.389. The van der Waals surface area contributed by atoms with Gasteiger partial charge in [-0.3, -0.25) is 4.79 Å². The van der Waals surface area contributed by atoms with Gasteiger partial charge < -0.3 is 4.74 Å². The number of rotatable bonds is 5. The van der Waals surface area contributed by atoms with E-state index in [1.165, 1.54) is 11.1 Å². The summed E-state index contributed by atoms with van der Waals surface area (Å²) in [5.74, 6) is -0.0259. The third-order valence-corrected chi connectivity index (χ3v) is 3.62. The van der Waals surface area contributed by atoms with E-state index in [0.717, 1.165) is 12.8 Å². The van der Waals surface area contributed by atoms with Gasteiger partial charge in [-0.15, -0.1) is 0 Å². The second kappa shape index (κ2) is 7.09. The monoisotopic (exact) mass is 270 g/mol. The van der Waals surface area contributed by atoms with Crippen LogP contribution >= 0.6 is 0 Å². The fourth-order valence-electron chi connectivity index (χ4n) is 2.62. The molecule has 20 heavy (non-hydrogen) atoms. The van der Waals surface area contributed by atoms with E-state index in [1.54, 1.807) is 0 Å². The van der Waals surface area contributed by atoms with Crippen LogP contribution < -0.4 is 0 Å². The summed E-state index contributed by atoms with van der Waals surface area (Å²) >= 11 is 0. The summed E-state index contributed by atoms with van der Waals surface area (Å²) in [6, 6.07) is 10.3. The van der Waals surface area contributed by atoms with Gasteiger partial charge in [-0.2, -0.15) is 0 Å². The Kier molecular flexibility index (Phi) is 5.16. The minimum atomic E-state index is -0.154. The molecule has 0 aromatic heterocycles. The van der Waals surface area contributed by atoms with Gasteiger partial charge in [-0.05, 0) is 30.9 Å². The third-order valence-electron chi connectivity index (χ3n) is 3.62. The van der Waals surface area contributed by atoms with Gasteiger partial charge in [-0.1, -0.05) is 55.5 Å². The van der Waals surface area contributed by atoms with E-state index in [9.17, 15) is 4.79 Å². The molecular formula is C18H22O2. The van der Waals surface area contributed by atoms with Crippen molar-refractivity contribution in [2.24, 2.45) is 0 Å². The van der Waals surface area contributed by atoms with Crippen LogP contribution in [0.5, 0.6) is 0 Å². The molecule has 2 rings (SSSR count). The van der Waals surface area contributed by atoms with Crippen LogP contribution in [0, 0.1) is 0 Å². The Balaban J connectivity index is 2.27. The molecule has 2 heteroatoms. The molecule has 1 aliphatic carbocycles. The normalized spacial score (nSPS) is 17.2. The summed E-state index contributed by atoms with van der Waals surface area (Å²) in [7, 11) is 0. The zero-order valence-corrected chi connectivity index (χ0v) is 12.2. The van der Waals surface area contributed by atoms with Crippen molar-refractivity contribution in [1.82, 2.24) is 0 Å². The average molecular weight is 270 g/mol. The molecule has 0 heterocycles. The average Bonchev–Trinajstić information content (AvgIpc) is 2.49. The Morgan fingerprint density at radius 3 is 2.60 bits per heavy atom. The van der Waals surface area contributed by atoms with Crippen LogP contribution in [0.15, 0.2) is 54.1 Å². The van der Waals surface area contributed by atoms with E-state index >= 15 is 0 Å². The number of carbonyl (C=O) groups excluding carboxylic acids is 1. The Morgan fingerprint density at radius 1 is 1.25 bits per heavy atom. The number of allylic oxidation sites excluding steroid dienone is 3. The molecule has 0 amide bonds. The highest BCUT2D eigenvalue weighted by Crippen LogP contribution is 2.32. The number of carbonyl (C=O) groups is 1. The number of esters is 1. The summed E-state index contributed by atoms with van der Waals surface area (Å²) in [6.07, 6.45) is 9.03. The topological polar surface area (TPSA) is 26.3 Å². The van der Waals surface area contributed by atoms with Crippen molar-refractivity contribution in [3.63, 3.8) is 0 Å². The smallest absolute Gasteiger partial charge is 0.305 e. The molecule has 2 atom stereocenters. The quantitative estimate of drug-likeness (QED) is 0.742. The molecule has 0 bridgehead atoms. The molecule has 1 aromatic rings. The van der Waals surface area contributed by atoms with E-state index < -0.39 is 0 Å². The standard InChI is InChI=1S/C18H22O2/c1-3-17(19)20-14(2)18(15-10-6-4-7-11-15)16-12-8-5-9-13-16/h4,6-8,10-14,18H,3,5,9H2,1-2H3. The summed E-state index contributed by atoms with van der Waals surface area (Å²) < 4.78 is 5.56. The van der Waals surface area contributed by atoms with E-state index in [2.05, 4.69) is 30.4 Å². The van der Waals surface area contributed by atoms with Crippen LogP contribution in [0.1, 0.15) is 44.6 Å². The predicted molar refractivity (Wildman–Crippen MR) is 81.5 cm³/mol. The zero-order chi connectivity index (χ0) is 14.4. The number of hydrogen-bond donors (Lipinski definition) is 0. The maximum absolute atomic E-state index is 11.6. The Hall–Kier alpha value is -1.83. The summed E-state index contributed by atoms with van der Waals surface area (Å²) in [5, 5.41) is 0. The maximum Gasteiger partial charge on any atom is 0.305 e. The largest absolute Gasteiger partial charge is 0.462 e. The first kappa shape index (κ1) is 14.6. The highest BCUT2D eigenvalue weighted by atomic mass is 16.5. The van der Waals surface area contributed by atoms with Crippen molar-refractivity contribution in [1.29, 1.82) is 0 Å². The zero-order valence-electron chi connectivity index (χ0n) is 12.2. The molecule has 2 nitrogen and oxygen atoms in total. The van der Waals surface area contributed by atoms with Crippen LogP contribution in [0.3, 0.4) is 0 Å². The molecule has 0 saturated carbocycles. The molecule has 1 aromatic carbocycles. The Labute approximate surface area is 121 Å². The molecule has 0 radical (unpaired) electrons. The van der Waals surface area contributed by atoms with Crippen LogP contribution in [-0.2, 0) is 9.53 Å². The molecule has 0 aliphatic heterocycles. The molecule has 0 N–H and O–H groups in total. The lowest BCUT2D eigenvalue weighted by Gasteiger charge is -2.27. The third kappa shape index (κ3) is 3.60. The summed E-state index contributed by atoms with van der Waals surface area (Å²) in [5.41, 5.74) is 2.44. The molecule has 2 unspecified atom stereocenters. The van der Waals surface area contributed by atoms with E-state index in [0.29, 0.717) is 6.42 Å². The number of benzene rings is 1. The first-order valence-corrected chi connectivity index (χ1v) is 7.33. The van der Waals surface area contributed by atoms with Gasteiger partial charge in [0.15, 0.2) is 0 Å². The molecule has 0 spiro atoms. The number of ether oxygens (including phenoxy) is 1. The Morgan fingerprint density at radius 2 is 2.00 bits per heavy atom. The van der Waals surface area contributed by atoms with E-state index in [4.69, 9.17) is 4.74 Å². The van der Waals surface area contributed by atoms with Gasteiger partial charge >= 0.3 is 5.97 Å². The van der Waals surface area contributed by atoms with Gasteiger partial charge in [0.2, 0.25) is 0 Å². The molecular weight excluding hydrogens is 248 g/mol. The lowest BCUT2D eigenvalue weighted by atomic mass is 9.84. The SMILES string of the molecule is CCC(=O)OC(C)C(C1=CCCC=C1)c1ccccc1. The van der Waals surface area contributed by atoms with Gasteiger partial charge in [-0.25, -0.2) is 0 Å². The molecule has 0 fully saturated rings. The van der Waals surface area contributed by atoms with E-state index in [-0.39, 0.29) is 18.0 Å². The fourth-order valence-corrected chi connectivity index (χ4v) is 2.62. The van der Waals surface area contributed by atoms with E-state index in [1.807, 2.05) is 32.0 Å². The van der Waals surface area contributed by atoms with Crippen LogP contribution in [-0.4, -0.2) is 12.1 Å². The predicted octanol–water partition coefficient (Wildman–Crippen LogP) is 4.39. The first-order valence-electron chi connectivity index (χ1n) is 7.33. The van der Waals surface area contributed by atoms with Crippen LogP contribution in [0.2, 0.25) is 0 Å². The lowest BCUT2D eigenvalue weighted by molar-refractivity contribution is -0.148. The summed E-state index contributed by atoms with van der Waals surface area (Å²) in [6.45, 7) is 3.81. The van der Waals surface area contributed by atoms with Gasteiger partial charge in [0.05, 0.1) is 0 Å². The lowest BCUT2D eigenvalue weighted by Crippen LogP contribution is -2.24. The second-order valence-electron chi connectivity index (χ2n) is 5.12. The Bertz CT molecular complexity index is 499. The van der Waals surface area contributed by atoms with Crippen molar-refractivity contribution in [2.75, 3.05) is 0 Å². The van der Waals surface area contributed by atoms with Crippen LogP contribution in [0.25, 0.3) is 0 Å². The molecule has 1 aliphatic rings.